The average Bonchev–Trinajstić information content (AvgIpc) is 2.31. The van der Waals surface area contributed by atoms with Crippen molar-refractivity contribution in [3.63, 3.8) is 0 Å². The first kappa shape index (κ1) is 16.7. The van der Waals surface area contributed by atoms with Gasteiger partial charge in [0.05, 0.1) is 11.1 Å². The van der Waals surface area contributed by atoms with Crippen molar-refractivity contribution in [2.45, 2.75) is 46.3 Å². The number of hydrogen-bond acceptors (Lipinski definition) is 3. The van der Waals surface area contributed by atoms with E-state index in [0.717, 1.165) is 0 Å². The minimum atomic E-state index is -0.720. The predicted octanol–water partition coefficient (Wildman–Crippen LogP) is 4.19. The highest BCUT2D eigenvalue weighted by atomic mass is 35.5. The highest BCUT2D eigenvalue weighted by Crippen LogP contribution is 2.25. The zero-order chi connectivity index (χ0) is 15.5. The molecule has 0 aliphatic carbocycles. The molecule has 1 aromatic rings. The Bertz CT molecular complexity index is 489. The van der Waals surface area contributed by atoms with Crippen molar-refractivity contribution in [1.82, 2.24) is 9.88 Å². The number of aromatic nitrogens is 1. The normalized spacial score (nSPS) is 12.9. The Morgan fingerprint density at radius 3 is 2.60 bits per heavy atom. The van der Waals surface area contributed by atoms with E-state index in [1.165, 1.54) is 17.2 Å². The van der Waals surface area contributed by atoms with E-state index in [1.54, 1.807) is 20.8 Å². The number of hydrogen-bond donors (Lipinski definition) is 0. The fraction of sp³-hybridized carbons (Fsp3) is 0.571. The molecular formula is C14H20ClFN2O2. The van der Waals surface area contributed by atoms with Gasteiger partial charge in [-0.2, -0.15) is 4.39 Å². The van der Waals surface area contributed by atoms with Crippen molar-refractivity contribution in [2.24, 2.45) is 0 Å². The fourth-order valence-electron chi connectivity index (χ4n) is 1.73. The molecule has 0 saturated carbocycles. The second-order valence-corrected chi connectivity index (χ2v) is 5.89. The molecule has 0 aromatic carbocycles. The lowest BCUT2D eigenvalue weighted by Crippen LogP contribution is -2.38. The van der Waals surface area contributed by atoms with Crippen LogP contribution >= 0.6 is 11.6 Å². The van der Waals surface area contributed by atoms with Gasteiger partial charge in [0.2, 0.25) is 5.95 Å². The molecule has 0 saturated heterocycles. The maximum absolute atomic E-state index is 13.1. The van der Waals surface area contributed by atoms with Crippen LogP contribution in [0.25, 0.3) is 0 Å². The van der Waals surface area contributed by atoms with E-state index in [9.17, 15) is 9.18 Å². The largest absolute Gasteiger partial charge is 0.444 e. The predicted molar refractivity (Wildman–Crippen MR) is 76.2 cm³/mol. The molecular weight excluding hydrogens is 283 g/mol. The second kappa shape index (κ2) is 6.39. The number of halogens is 2. The van der Waals surface area contributed by atoms with Crippen LogP contribution in [-0.2, 0) is 4.74 Å². The summed E-state index contributed by atoms with van der Waals surface area (Å²) in [6.45, 7) is 9.54. The van der Waals surface area contributed by atoms with Gasteiger partial charge >= 0.3 is 6.09 Å². The number of amides is 1. The maximum Gasteiger partial charge on any atom is 0.410 e. The van der Waals surface area contributed by atoms with Gasteiger partial charge in [0.1, 0.15) is 5.60 Å². The Kier molecular flexibility index (Phi) is 5.34. The van der Waals surface area contributed by atoms with Gasteiger partial charge in [-0.3, -0.25) is 0 Å². The lowest BCUT2D eigenvalue weighted by atomic mass is 10.1. The van der Waals surface area contributed by atoms with Crippen LogP contribution in [0.2, 0.25) is 5.02 Å². The summed E-state index contributed by atoms with van der Waals surface area (Å²) in [5.41, 5.74) is 0.0900. The number of nitrogens with zero attached hydrogens (tertiary/aromatic N) is 2. The lowest BCUT2D eigenvalue weighted by Gasteiger charge is -2.31. The van der Waals surface area contributed by atoms with Gasteiger partial charge in [0.25, 0.3) is 0 Å². The van der Waals surface area contributed by atoms with E-state index in [-0.39, 0.29) is 11.1 Å². The summed E-state index contributed by atoms with van der Waals surface area (Å²) in [6, 6.07) is 1.17. The number of carbonyl (C=O) groups is 1. The van der Waals surface area contributed by atoms with Gasteiger partial charge in [0, 0.05) is 12.7 Å². The van der Waals surface area contributed by atoms with Gasteiger partial charge in [-0.05, 0) is 46.2 Å². The van der Waals surface area contributed by atoms with Crippen LogP contribution in [0.1, 0.15) is 46.2 Å². The Labute approximate surface area is 123 Å². The van der Waals surface area contributed by atoms with E-state index >= 15 is 0 Å². The molecule has 6 heteroatoms. The summed E-state index contributed by atoms with van der Waals surface area (Å²) < 4.78 is 18.4. The zero-order valence-electron chi connectivity index (χ0n) is 12.4. The highest BCUT2D eigenvalue weighted by Gasteiger charge is 2.26. The van der Waals surface area contributed by atoms with Crippen molar-refractivity contribution in [3.8, 4) is 0 Å². The van der Waals surface area contributed by atoms with E-state index in [2.05, 4.69) is 4.98 Å². The molecule has 0 spiro atoms. The summed E-state index contributed by atoms with van der Waals surface area (Å²) in [7, 11) is 0. The molecule has 0 bridgehead atoms. The van der Waals surface area contributed by atoms with Crippen LogP contribution in [0.15, 0.2) is 12.3 Å². The molecule has 1 rings (SSSR count). The van der Waals surface area contributed by atoms with Crippen molar-refractivity contribution in [2.75, 3.05) is 6.54 Å². The molecule has 4 nitrogen and oxygen atoms in total. The number of carbonyl (C=O) groups excluding carboxylic acids is 1. The van der Waals surface area contributed by atoms with Gasteiger partial charge in [-0.25, -0.2) is 9.78 Å². The minimum Gasteiger partial charge on any atom is -0.444 e. The smallest absolute Gasteiger partial charge is 0.410 e. The molecule has 1 atom stereocenters. The maximum atomic E-state index is 13.1. The third-order valence-electron chi connectivity index (χ3n) is 2.74. The standard InChI is InChI=1S/C14H20ClFN2O2/c1-6-18(13(19)20-14(3,4)5)9(2)10-7-11(15)12(16)17-8-10/h7-9H,6H2,1-5H3. The molecule has 0 aliphatic rings. The fourth-order valence-corrected chi connectivity index (χ4v) is 1.90. The van der Waals surface area contributed by atoms with Crippen LogP contribution in [0.5, 0.6) is 0 Å². The van der Waals surface area contributed by atoms with Gasteiger partial charge in [0.15, 0.2) is 0 Å². The summed E-state index contributed by atoms with van der Waals surface area (Å²) >= 11 is 5.72. The molecule has 0 fully saturated rings. The summed E-state index contributed by atoms with van der Waals surface area (Å²) in [5, 5.41) is -0.0606. The summed E-state index contributed by atoms with van der Waals surface area (Å²) in [4.78, 5) is 17.2. The summed E-state index contributed by atoms with van der Waals surface area (Å²) in [6.07, 6.45) is 0.951. The Hall–Kier alpha value is -1.36. The Morgan fingerprint density at radius 1 is 1.55 bits per heavy atom. The average molecular weight is 303 g/mol. The molecule has 1 aromatic heterocycles. The lowest BCUT2D eigenvalue weighted by molar-refractivity contribution is 0.0186. The molecule has 112 valence electrons. The minimum absolute atomic E-state index is 0.0606. The molecule has 1 amide bonds. The van der Waals surface area contributed by atoms with Crippen LogP contribution in [0.3, 0.4) is 0 Å². The van der Waals surface area contributed by atoms with E-state index < -0.39 is 17.6 Å². The van der Waals surface area contributed by atoms with Crippen molar-refractivity contribution in [3.05, 3.63) is 28.8 Å². The Morgan fingerprint density at radius 2 is 2.15 bits per heavy atom. The first-order chi connectivity index (χ1) is 9.15. The Balaban J connectivity index is 2.93. The molecule has 0 radical (unpaired) electrons. The third kappa shape index (κ3) is 4.34. The first-order valence-electron chi connectivity index (χ1n) is 6.46. The van der Waals surface area contributed by atoms with Crippen LogP contribution in [-0.4, -0.2) is 28.1 Å². The highest BCUT2D eigenvalue weighted by molar-refractivity contribution is 6.30. The van der Waals surface area contributed by atoms with E-state index in [1.807, 2.05) is 13.8 Å². The molecule has 1 heterocycles. The number of pyridine rings is 1. The molecule has 0 aliphatic heterocycles. The quantitative estimate of drug-likeness (QED) is 0.786. The summed E-state index contributed by atoms with van der Waals surface area (Å²) in [5.74, 6) is -0.720. The van der Waals surface area contributed by atoms with Gasteiger partial charge < -0.3 is 9.64 Å². The van der Waals surface area contributed by atoms with Crippen molar-refractivity contribution in [1.29, 1.82) is 0 Å². The SMILES string of the molecule is CCN(C(=O)OC(C)(C)C)C(C)c1cnc(F)c(Cl)c1. The molecule has 20 heavy (non-hydrogen) atoms. The van der Waals surface area contributed by atoms with Gasteiger partial charge in [-0.15, -0.1) is 0 Å². The van der Waals surface area contributed by atoms with E-state index in [0.29, 0.717) is 12.1 Å². The first-order valence-corrected chi connectivity index (χ1v) is 6.84. The van der Waals surface area contributed by atoms with Crippen LogP contribution in [0.4, 0.5) is 9.18 Å². The van der Waals surface area contributed by atoms with E-state index in [4.69, 9.17) is 16.3 Å². The number of ether oxygens (including phenoxy) is 1. The topological polar surface area (TPSA) is 42.4 Å². The van der Waals surface area contributed by atoms with Crippen LogP contribution < -0.4 is 0 Å². The third-order valence-corrected chi connectivity index (χ3v) is 3.00. The van der Waals surface area contributed by atoms with Gasteiger partial charge in [-0.1, -0.05) is 11.6 Å². The molecule has 1 unspecified atom stereocenters. The zero-order valence-corrected chi connectivity index (χ0v) is 13.2. The number of rotatable bonds is 3. The second-order valence-electron chi connectivity index (χ2n) is 5.48. The van der Waals surface area contributed by atoms with Crippen molar-refractivity contribution >= 4 is 17.7 Å². The monoisotopic (exact) mass is 302 g/mol. The van der Waals surface area contributed by atoms with Crippen LogP contribution in [0, 0.1) is 5.95 Å². The molecule has 0 N–H and O–H groups in total. The van der Waals surface area contributed by atoms with Crippen molar-refractivity contribution < 1.29 is 13.9 Å².